The van der Waals surface area contributed by atoms with Crippen LogP contribution in [0.1, 0.15) is 12.5 Å². The molecule has 0 radical (unpaired) electrons. The van der Waals surface area contributed by atoms with E-state index in [0.29, 0.717) is 5.11 Å². The molecule has 7 heteroatoms. The molecule has 1 aliphatic rings. The second-order valence-electron chi connectivity index (χ2n) is 5.69. The quantitative estimate of drug-likeness (QED) is 0.441. The van der Waals surface area contributed by atoms with Gasteiger partial charge in [-0.1, -0.05) is 12.1 Å². The van der Waals surface area contributed by atoms with Crippen LogP contribution in [0.4, 0.5) is 0 Å². The van der Waals surface area contributed by atoms with E-state index < -0.39 is 0 Å². The van der Waals surface area contributed by atoms with Crippen molar-refractivity contribution in [3.8, 4) is 5.75 Å². The molecule has 1 aromatic carbocycles. The maximum atomic E-state index is 5.33. The predicted octanol–water partition coefficient (Wildman–Crippen LogP) is 1.41. The van der Waals surface area contributed by atoms with Crippen molar-refractivity contribution in [2.75, 3.05) is 46.5 Å². The van der Waals surface area contributed by atoms with Gasteiger partial charge < -0.3 is 14.8 Å². The van der Waals surface area contributed by atoms with Gasteiger partial charge in [-0.25, -0.2) is 0 Å². The standard InChI is InChI=1S/C17H26N4O2S/c1-14(13-15-3-5-16(22-2)6-4-15)19-20-17(24)18-7-8-21-9-11-23-12-10-21/h3-6H,7-13H2,1-2H3,(H2,18,20,24)/b19-14-. The molecule has 6 nitrogen and oxygen atoms in total. The maximum absolute atomic E-state index is 5.33. The van der Waals surface area contributed by atoms with E-state index in [1.807, 2.05) is 31.2 Å². The van der Waals surface area contributed by atoms with Crippen LogP contribution < -0.4 is 15.5 Å². The molecule has 0 spiro atoms. The lowest BCUT2D eigenvalue weighted by molar-refractivity contribution is 0.0389. The van der Waals surface area contributed by atoms with Crippen LogP contribution >= 0.6 is 12.2 Å². The molecule has 1 aromatic rings. The number of methoxy groups -OCH3 is 1. The Kier molecular flexibility index (Phi) is 7.94. The van der Waals surface area contributed by atoms with Crippen LogP contribution in [-0.2, 0) is 11.2 Å². The average molecular weight is 350 g/mol. The topological polar surface area (TPSA) is 58.1 Å². The van der Waals surface area contributed by atoms with Gasteiger partial charge in [0.25, 0.3) is 0 Å². The van der Waals surface area contributed by atoms with Crippen molar-refractivity contribution < 1.29 is 9.47 Å². The highest BCUT2D eigenvalue weighted by Crippen LogP contribution is 2.11. The van der Waals surface area contributed by atoms with Gasteiger partial charge in [0.1, 0.15) is 5.75 Å². The molecule has 1 saturated heterocycles. The molecule has 0 saturated carbocycles. The molecular formula is C17H26N4O2S. The van der Waals surface area contributed by atoms with Crippen LogP contribution in [0.2, 0.25) is 0 Å². The SMILES string of the molecule is COc1ccc(C/C(C)=N\NC(=S)NCCN2CCOCC2)cc1. The summed E-state index contributed by atoms with van der Waals surface area (Å²) in [6.45, 7) is 7.35. The normalized spacial score (nSPS) is 15.8. The fraction of sp³-hybridized carbons (Fsp3) is 0.529. The summed E-state index contributed by atoms with van der Waals surface area (Å²) in [4.78, 5) is 2.36. The highest BCUT2D eigenvalue weighted by atomic mass is 32.1. The first-order valence-electron chi connectivity index (χ1n) is 8.17. The van der Waals surface area contributed by atoms with Crippen molar-refractivity contribution in [2.45, 2.75) is 13.3 Å². The number of ether oxygens (including phenoxy) is 2. The van der Waals surface area contributed by atoms with E-state index in [4.69, 9.17) is 21.7 Å². The number of benzene rings is 1. The van der Waals surface area contributed by atoms with Crippen molar-refractivity contribution in [2.24, 2.45) is 5.10 Å². The van der Waals surface area contributed by atoms with E-state index in [9.17, 15) is 0 Å². The largest absolute Gasteiger partial charge is 0.497 e. The summed E-state index contributed by atoms with van der Waals surface area (Å²) in [5.41, 5.74) is 5.06. The fourth-order valence-corrected chi connectivity index (χ4v) is 2.56. The number of thiocarbonyl (C=S) groups is 1. The molecule has 1 fully saturated rings. The van der Waals surface area contributed by atoms with E-state index in [2.05, 4.69) is 20.7 Å². The van der Waals surface area contributed by atoms with Gasteiger partial charge in [0.2, 0.25) is 0 Å². The van der Waals surface area contributed by atoms with E-state index >= 15 is 0 Å². The minimum atomic E-state index is 0.553. The zero-order valence-corrected chi connectivity index (χ0v) is 15.2. The number of morpholine rings is 1. The lowest BCUT2D eigenvalue weighted by atomic mass is 10.1. The van der Waals surface area contributed by atoms with Crippen LogP contribution in [0, 0.1) is 0 Å². The molecule has 1 aliphatic heterocycles. The van der Waals surface area contributed by atoms with Crippen LogP contribution in [0.5, 0.6) is 5.75 Å². The van der Waals surface area contributed by atoms with Crippen LogP contribution in [-0.4, -0.2) is 62.2 Å². The first-order valence-corrected chi connectivity index (χ1v) is 8.58. The highest BCUT2D eigenvalue weighted by Gasteiger charge is 2.09. The minimum Gasteiger partial charge on any atom is -0.497 e. The van der Waals surface area contributed by atoms with E-state index in [1.54, 1.807) is 7.11 Å². The van der Waals surface area contributed by atoms with Gasteiger partial charge >= 0.3 is 0 Å². The molecule has 132 valence electrons. The summed E-state index contributed by atoms with van der Waals surface area (Å²) < 4.78 is 10.5. The zero-order chi connectivity index (χ0) is 17.2. The van der Waals surface area contributed by atoms with Gasteiger partial charge in [-0.15, -0.1) is 0 Å². The lowest BCUT2D eigenvalue weighted by Crippen LogP contribution is -2.42. The van der Waals surface area contributed by atoms with Crippen molar-refractivity contribution in [3.63, 3.8) is 0 Å². The summed E-state index contributed by atoms with van der Waals surface area (Å²) in [6, 6.07) is 7.98. The predicted molar refractivity (Wildman–Crippen MR) is 101 cm³/mol. The molecule has 0 bridgehead atoms. The average Bonchev–Trinajstić information content (AvgIpc) is 2.61. The van der Waals surface area contributed by atoms with Crippen molar-refractivity contribution in [1.82, 2.24) is 15.6 Å². The van der Waals surface area contributed by atoms with E-state index in [-0.39, 0.29) is 0 Å². The third-order valence-corrected chi connectivity index (χ3v) is 4.02. The third kappa shape index (κ3) is 6.82. The van der Waals surface area contributed by atoms with Gasteiger partial charge in [0.15, 0.2) is 5.11 Å². The first kappa shape index (κ1) is 18.6. The molecular weight excluding hydrogens is 324 g/mol. The maximum Gasteiger partial charge on any atom is 0.186 e. The highest BCUT2D eigenvalue weighted by molar-refractivity contribution is 7.80. The smallest absolute Gasteiger partial charge is 0.186 e. The summed E-state index contributed by atoms with van der Waals surface area (Å²) in [6.07, 6.45) is 0.771. The molecule has 0 aromatic heterocycles. The summed E-state index contributed by atoms with van der Waals surface area (Å²) in [7, 11) is 1.67. The number of nitrogens with zero attached hydrogens (tertiary/aromatic N) is 2. The zero-order valence-electron chi connectivity index (χ0n) is 14.4. The lowest BCUT2D eigenvalue weighted by Gasteiger charge is -2.26. The Morgan fingerprint density at radius 2 is 2.00 bits per heavy atom. The van der Waals surface area contributed by atoms with E-state index in [1.165, 1.54) is 5.56 Å². The molecule has 0 atom stereocenters. The molecule has 2 N–H and O–H groups in total. The van der Waals surface area contributed by atoms with Crippen molar-refractivity contribution in [1.29, 1.82) is 0 Å². The van der Waals surface area contributed by atoms with Crippen molar-refractivity contribution >= 4 is 23.0 Å². The van der Waals surface area contributed by atoms with Crippen LogP contribution in [0.25, 0.3) is 0 Å². The summed E-state index contributed by atoms with van der Waals surface area (Å²) in [5.74, 6) is 0.858. The Balaban J connectivity index is 1.65. The number of hydrogen-bond acceptors (Lipinski definition) is 5. The van der Waals surface area contributed by atoms with Gasteiger partial charge in [0, 0.05) is 38.3 Å². The molecule has 0 unspecified atom stereocenters. The number of rotatable bonds is 7. The third-order valence-electron chi connectivity index (χ3n) is 3.78. The van der Waals surface area contributed by atoms with Gasteiger partial charge in [-0.2, -0.15) is 5.10 Å². The number of hydrazone groups is 1. The second-order valence-corrected chi connectivity index (χ2v) is 6.10. The Hall–Kier alpha value is -1.70. The van der Waals surface area contributed by atoms with Gasteiger partial charge in [-0.05, 0) is 36.8 Å². The molecule has 1 heterocycles. The second kappa shape index (κ2) is 10.2. The Bertz CT molecular complexity index is 542. The van der Waals surface area contributed by atoms with Crippen LogP contribution in [0.3, 0.4) is 0 Å². The first-order chi connectivity index (χ1) is 11.7. The number of hydrogen-bond donors (Lipinski definition) is 2. The molecule has 0 amide bonds. The monoisotopic (exact) mass is 350 g/mol. The minimum absolute atomic E-state index is 0.553. The molecule has 0 aliphatic carbocycles. The van der Waals surface area contributed by atoms with Gasteiger partial charge in [-0.3, -0.25) is 10.3 Å². The molecule has 24 heavy (non-hydrogen) atoms. The Labute approximate surface area is 149 Å². The summed E-state index contributed by atoms with van der Waals surface area (Å²) in [5, 5.41) is 8.06. The molecule has 2 rings (SSSR count). The van der Waals surface area contributed by atoms with Crippen LogP contribution in [0.15, 0.2) is 29.4 Å². The van der Waals surface area contributed by atoms with Gasteiger partial charge in [0.05, 0.1) is 20.3 Å². The Morgan fingerprint density at radius 3 is 2.67 bits per heavy atom. The summed E-state index contributed by atoms with van der Waals surface area (Å²) >= 11 is 5.25. The Morgan fingerprint density at radius 1 is 1.29 bits per heavy atom. The number of nitrogens with one attached hydrogen (secondary N) is 2. The van der Waals surface area contributed by atoms with E-state index in [0.717, 1.165) is 57.3 Å². The fourth-order valence-electron chi connectivity index (χ4n) is 2.42. The van der Waals surface area contributed by atoms with Crippen molar-refractivity contribution in [3.05, 3.63) is 29.8 Å².